The predicted molar refractivity (Wildman–Crippen MR) is 72.4 cm³/mol. The molecule has 2 N–H and O–H groups in total. The summed E-state index contributed by atoms with van der Waals surface area (Å²) in [6.07, 6.45) is 10.5. The highest BCUT2D eigenvalue weighted by atomic mass is 16.3. The molecular weight excluding hydrogens is 238 g/mol. The monoisotopic (exact) mass is 263 g/mol. The zero-order valence-electron chi connectivity index (χ0n) is 11.7. The molecule has 5 saturated carbocycles. The Labute approximate surface area is 115 Å². The van der Waals surface area contributed by atoms with Crippen LogP contribution in [0.15, 0.2) is 0 Å². The maximum Gasteiger partial charge on any atom is 0.226 e. The summed E-state index contributed by atoms with van der Waals surface area (Å²) in [6.45, 7) is 0.116. The minimum Gasteiger partial charge on any atom is -0.394 e. The lowest BCUT2D eigenvalue weighted by Gasteiger charge is -2.56. The number of nitrogens with one attached hydrogen (secondary N) is 1. The fraction of sp³-hybridized carbons (Fsp3) is 0.938. The Hall–Kier alpha value is -0.570. The van der Waals surface area contributed by atoms with E-state index < -0.39 is 0 Å². The lowest BCUT2D eigenvalue weighted by atomic mass is 9.49. The molecule has 5 aliphatic carbocycles. The van der Waals surface area contributed by atoms with Crippen molar-refractivity contribution in [2.24, 2.45) is 23.2 Å². The Morgan fingerprint density at radius 1 is 1.05 bits per heavy atom. The van der Waals surface area contributed by atoms with E-state index in [-0.39, 0.29) is 23.5 Å². The zero-order valence-corrected chi connectivity index (χ0v) is 11.7. The summed E-state index contributed by atoms with van der Waals surface area (Å²) in [5, 5.41) is 12.8. The Morgan fingerprint density at radius 2 is 1.58 bits per heavy atom. The van der Waals surface area contributed by atoms with E-state index in [4.69, 9.17) is 0 Å². The standard InChI is InChI=1S/C16H25NO2/c18-10-16(2-1-3-16)17-14(19)15-7-11-4-12(8-15)6-13(5-11)9-15/h11-13,18H,1-10H2,(H,17,19). The van der Waals surface area contributed by atoms with Gasteiger partial charge in [-0.15, -0.1) is 0 Å². The third kappa shape index (κ3) is 1.77. The van der Waals surface area contributed by atoms with Crippen LogP contribution >= 0.6 is 0 Å². The van der Waals surface area contributed by atoms with Crippen LogP contribution in [0.25, 0.3) is 0 Å². The molecule has 0 radical (unpaired) electrons. The van der Waals surface area contributed by atoms with Crippen LogP contribution in [0.5, 0.6) is 0 Å². The van der Waals surface area contributed by atoms with Gasteiger partial charge in [0.1, 0.15) is 0 Å². The average Bonchev–Trinajstić information content (AvgIpc) is 2.31. The highest BCUT2D eigenvalue weighted by Crippen LogP contribution is 2.60. The van der Waals surface area contributed by atoms with Crippen LogP contribution in [0.3, 0.4) is 0 Å². The Kier molecular flexibility index (Phi) is 2.55. The molecular formula is C16H25NO2. The van der Waals surface area contributed by atoms with Gasteiger partial charge >= 0.3 is 0 Å². The largest absolute Gasteiger partial charge is 0.394 e. The molecule has 3 nitrogen and oxygen atoms in total. The van der Waals surface area contributed by atoms with E-state index in [1.165, 1.54) is 19.3 Å². The fourth-order valence-corrected chi connectivity index (χ4v) is 5.69. The van der Waals surface area contributed by atoms with Gasteiger partial charge in [-0.3, -0.25) is 4.79 Å². The molecule has 5 rings (SSSR count). The lowest BCUT2D eigenvalue weighted by Crippen LogP contribution is -2.62. The molecule has 0 unspecified atom stereocenters. The first-order valence-electron chi connectivity index (χ1n) is 8.07. The van der Waals surface area contributed by atoms with E-state index in [1.807, 2.05) is 0 Å². The van der Waals surface area contributed by atoms with Crippen molar-refractivity contribution in [3.8, 4) is 0 Å². The number of rotatable bonds is 3. The fourth-order valence-electron chi connectivity index (χ4n) is 5.69. The summed E-state index contributed by atoms with van der Waals surface area (Å²) in [7, 11) is 0. The lowest BCUT2D eigenvalue weighted by molar-refractivity contribution is -0.150. The van der Waals surface area contributed by atoms with Gasteiger partial charge in [0, 0.05) is 5.41 Å². The molecule has 0 aromatic carbocycles. The topological polar surface area (TPSA) is 49.3 Å². The summed E-state index contributed by atoms with van der Waals surface area (Å²) in [5.74, 6) is 2.70. The van der Waals surface area contributed by atoms with Crippen LogP contribution in [-0.2, 0) is 4.79 Å². The number of carbonyl (C=O) groups is 1. The summed E-state index contributed by atoms with van der Waals surface area (Å²) in [4.78, 5) is 12.8. The number of aliphatic hydroxyl groups excluding tert-OH is 1. The van der Waals surface area contributed by atoms with E-state index in [0.29, 0.717) is 0 Å². The summed E-state index contributed by atoms with van der Waals surface area (Å²) >= 11 is 0. The van der Waals surface area contributed by atoms with E-state index in [9.17, 15) is 9.90 Å². The Morgan fingerprint density at radius 3 is 1.95 bits per heavy atom. The first kappa shape index (κ1) is 12.2. The molecule has 0 aromatic rings. The van der Waals surface area contributed by atoms with Gasteiger partial charge in [-0.2, -0.15) is 0 Å². The van der Waals surface area contributed by atoms with Gasteiger partial charge in [0.2, 0.25) is 5.91 Å². The number of carbonyl (C=O) groups excluding carboxylic acids is 1. The van der Waals surface area contributed by atoms with E-state index in [1.54, 1.807) is 0 Å². The molecule has 0 aromatic heterocycles. The second-order valence-electron chi connectivity index (χ2n) is 7.94. The van der Waals surface area contributed by atoms with Gasteiger partial charge in [-0.25, -0.2) is 0 Å². The number of aliphatic hydroxyl groups is 1. The Balaban J connectivity index is 1.53. The second-order valence-corrected chi connectivity index (χ2v) is 7.94. The molecule has 0 aliphatic heterocycles. The SMILES string of the molecule is O=C(NC1(CO)CCC1)C12CC3CC(CC(C3)C1)C2. The average molecular weight is 263 g/mol. The highest BCUT2D eigenvalue weighted by Gasteiger charge is 2.55. The second kappa shape index (κ2) is 3.97. The number of hydrogen-bond donors (Lipinski definition) is 2. The molecule has 5 aliphatic rings. The molecule has 5 fully saturated rings. The van der Waals surface area contributed by atoms with Crippen molar-refractivity contribution < 1.29 is 9.90 Å². The minimum absolute atomic E-state index is 0.0630. The van der Waals surface area contributed by atoms with Gasteiger partial charge in [-0.1, -0.05) is 0 Å². The van der Waals surface area contributed by atoms with Gasteiger partial charge in [0.25, 0.3) is 0 Å². The zero-order chi connectivity index (χ0) is 13.1. The molecule has 0 atom stereocenters. The minimum atomic E-state index is -0.263. The summed E-state index contributed by atoms with van der Waals surface area (Å²) in [6, 6.07) is 0. The van der Waals surface area contributed by atoms with Gasteiger partial charge < -0.3 is 10.4 Å². The maximum absolute atomic E-state index is 12.8. The van der Waals surface area contributed by atoms with Crippen molar-refractivity contribution >= 4 is 5.91 Å². The molecule has 0 saturated heterocycles. The van der Waals surface area contributed by atoms with Gasteiger partial charge in [0.15, 0.2) is 0 Å². The predicted octanol–water partition coefficient (Wildman–Crippen LogP) is 2.23. The first-order valence-corrected chi connectivity index (χ1v) is 8.07. The smallest absolute Gasteiger partial charge is 0.226 e. The van der Waals surface area contributed by atoms with Gasteiger partial charge in [0.05, 0.1) is 12.1 Å². The normalized spacial score (nSPS) is 45.8. The first-order chi connectivity index (χ1) is 9.13. The Bertz CT molecular complexity index is 359. The van der Waals surface area contributed by atoms with Crippen LogP contribution < -0.4 is 5.32 Å². The summed E-state index contributed by atoms with van der Waals surface area (Å²) in [5.41, 5.74) is -0.326. The third-order valence-corrected chi connectivity index (χ3v) is 6.51. The van der Waals surface area contributed by atoms with Crippen LogP contribution in [0.2, 0.25) is 0 Å². The van der Waals surface area contributed by atoms with Crippen molar-refractivity contribution in [2.45, 2.75) is 63.3 Å². The number of amides is 1. The molecule has 0 heterocycles. The summed E-state index contributed by atoms with van der Waals surface area (Å²) < 4.78 is 0. The van der Waals surface area contributed by atoms with Crippen molar-refractivity contribution in [2.75, 3.05) is 6.61 Å². The number of hydrogen-bond acceptors (Lipinski definition) is 2. The van der Waals surface area contributed by atoms with Crippen molar-refractivity contribution in [3.63, 3.8) is 0 Å². The van der Waals surface area contributed by atoms with Crippen LogP contribution in [0, 0.1) is 23.2 Å². The van der Waals surface area contributed by atoms with Crippen LogP contribution in [-0.4, -0.2) is 23.2 Å². The van der Waals surface area contributed by atoms with Gasteiger partial charge in [-0.05, 0) is 75.5 Å². The third-order valence-electron chi connectivity index (χ3n) is 6.51. The molecule has 106 valence electrons. The van der Waals surface area contributed by atoms with Crippen molar-refractivity contribution in [3.05, 3.63) is 0 Å². The maximum atomic E-state index is 12.8. The van der Waals surface area contributed by atoms with E-state index >= 15 is 0 Å². The quantitative estimate of drug-likeness (QED) is 0.820. The molecule has 3 heteroatoms. The molecule has 19 heavy (non-hydrogen) atoms. The van der Waals surface area contributed by atoms with Crippen molar-refractivity contribution in [1.29, 1.82) is 0 Å². The van der Waals surface area contributed by atoms with Crippen LogP contribution in [0.1, 0.15) is 57.8 Å². The molecule has 4 bridgehead atoms. The highest BCUT2D eigenvalue weighted by molar-refractivity contribution is 5.84. The van der Waals surface area contributed by atoms with Crippen LogP contribution in [0.4, 0.5) is 0 Å². The van der Waals surface area contributed by atoms with Crippen molar-refractivity contribution in [1.82, 2.24) is 5.32 Å². The molecule has 1 amide bonds. The van der Waals surface area contributed by atoms with E-state index in [2.05, 4.69) is 5.32 Å². The molecule has 0 spiro atoms. The van der Waals surface area contributed by atoms with E-state index in [0.717, 1.165) is 56.3 Å².